The summed E-state index contributed by atoms with van der Waals surface area (Å²) in [6, 6.07) is 7.25. The molecule has 0 radical (unpaired) electrons. The van der Waals surface area contributed by atoms with Crippen LogP contribution in [-0.2, 0) is 4.79 Å². The quantitative estimate of drug-likeness (QED) is 0.416. The molecule has 0 N–H and O–H groups in total. The normalized spacial score (nSPS) is 10.9. The van der Waals surface area contributed by atoms with Crippen LogP contribution in [0.15, 0.2) is 36.1 Å². The molecule has 0 saturated heterocycles. The number of hydrogen-bond acceptors (Lipinski definition) is 3. The Morgan fingerprint density at radius 3 is 2.50 bits per heavy atom. The molecule has 0 aliphatic heterocycles. The van der Waals surface area contributed by atoms with Crippen LogP contribution in [0, 0.1) is 0 Å². The molecule has 1 rings (SSSR count). The van der Waals surface area contributed by atoms with Gasteiger partial charge in [0.1, 0.15) is 6.29 Å². The van der Waals surface area contributed by atoms with Crippen LogP contribution in [0.1, 0.15) is 6.92 Å². The van der Waals surface area contributed by atoms with Gasteiger partial charge < -0.3 is 9.47 Å². The van der Waals surface area contributed by atoms with Gasteiger partial charge in [-0.2, -0.15) is 0 Å². The number of aldehydes is 1. The maximum absolute atomic E-state index is 10.3. The highest BCUT2D eigenvalue weighted by molar-refractivity contribution is 5.71. The molecule has 0 bridgehead atoms. The predicted octanol–water partition coefficient (Wildman–Crippen LogP) is 2.18. The fourth-order valence-electron chi connectivity index (χ4n) is 0.900. The average molecular weight is 192 g/mol. The van der Waals surface area contributed by atoms with Gasteiger partial charge in [-0.1, -0.05) is 12.1 Å². The van der Waals surface area contributed by atoms with Crippen molar-refractivity contribution < 1.29 is 14.3 Å². The third-order valence-corrected chi connectivity index (χ3v) is 1.63. The van der Waals surface area contributed by atoms with Gasteiger partial charge in [0.15, 0.2) is 11.5 Å². The van der Waals surface area contributed by atoms with E-state index in [2.05, 4.69) is 0 Å². The fraction of sp³-hybridized carbons (Fsp3) is 0.182. The molecule has 0 spiro atoms. The largest absolute Gasteiger partial charge is 0.493 e. The standard InChI is InChI=1S/C11H12O3/c1-9(7-12)8-14-11-6-4-3-5-10(11)13-2/h3-8H,1-2H3/b9-8+. The van der Waals surface area contributed by atoms with Crippen molar-refractivity contribution >= 4 is 6.29 Å². The summed E-state index contributed by atoms with van der Waals surface area (Å²) in [5, 5.41) is 0. The molecule has 0 saturated carbocycles. The third-order valence-electron chi connectivity index (χ3n) is 1.63. The van der Waals surface area contributed by atoms with Gasteiger partial charge in [0.2, 0.25) is 0 Å². The van der Waals surface area contributed by atoms with Crippen molar-refractivity contribution in [3.8, 4) is 11.5 Å². The number of allylic oxidation sites excluding steroid dienone is 1. The van der Waals surface area contributed by atoms with Crippen molar-refractivity contribution in [1.29, 1.82) is 0 Å². The van der Waals surface area contributed by atoms with Gasteiger partial charge in [-0.3, -0.25) is 4.79 Å². The van der Waals surface area contributed by atoms with Crippen molar-refractivity contribution in [2.45, 2.75) is 6.92 Å². The van der Waals surface area contributed by atoms with E-state index < -0.39 is 0 Å². The zero-order valence-corrected chi connectivity index (χ0v) is 8.19. The number of ether oxygens (including phenoxy) is 2. The molecule has 1 aromatic carbocycles. The number of methoxy groups -OCH3 is 1. The Hall–Kier alpha value is -1.77. The van der Waals surface area contributed by atoms with Crippen molar-refractivity contribution in [2.75, 3.05) is 7.11 Å². The SMILES string of the molecule is COc1ccccc1O/C=C(\C)C=O. The van der Waals surface area contributed by atoms with Gasteiger partial charge in [0, 0.05) is 5.57 Å². The predicted molar refractivity (Wildman–Crippen MR) is 53.4 cm³/mol. The summed E-state index contributed by atoms with van der Waals surface area (Å²) in [6.45, 7) is 1.67. The lowest BCUT2D eigenvalue weighted by Gasteiger charge is -2.06. The summed E-state index contributed by atoms with van der Waals surface area (Å²) in [7, 11) is 1.57. The smallest absolute Gasteiger partial charge is 0.168 e. The molecular formula is C11H12O3. The number of para-hydroxylation sites is 2. The summed E-state index contributed by atoms with van der Waals surface area (Å²) in [5.74, 6) is 1.23. The van der Waals surface area contributed by atoms with E-state index in [9.17, 15) is 4.79 Å². The first-order valence-corrected chi connectivity index (χ1v) is 4.19. The summed E-state index contributed by atoms with van der Waals surface area (Å²) in [6.07, 6.45) is 2.13. The minimum absolute atomic E-state index is 0.524. The monoisotopic (exact) mass is 192 g/mol. The minimum Gasteiger partial charge on any atom is -0.493 e. The Labute approximate surface area is 83.0 Å². The first-order chi connectivity index (χ1) is 6.77. The molecule has 0 heterocycles. The molecule has 0 aromatic heterocycles. The van der Waals surface area contributed by atoms with E-state index >= 15 is 0 Å². The number of benzene rings is 1. The molecule has 14 heavy (non-hydrogen) atoms. The van der Waals surface area contributed by atoms with Crippen LogP contribution in [0.3, 0.4) is 0 Å². The first-order valence-electron chi connectivity index (χ1n) is 4.19. The fourth-order valence-corrected chi connectivity index (χ4v) is 0.900. The molecule has 0 unspecified atom stereocenters. The van der Waals surface area contributed by atoms with E-state index in [4.69, 9.17) is 9.47 Å². The van der Waals surface area contributed by atoms with Crippen molar-refractivity contribution in [2.24, 2.45) is 0 Å². The van der Waals surface area contributed by atoms with E-state index in [1.165, 1.54) is 6.26 Å². The van der Waals surface area contributed by atoms with Crippen molar-refractivity contribution in [1.82, 2.24) is 0 Å². The number of hydrogen-bond donors (Lipinski definition) is 0. The Kier molecular flexibility index (Phi) is 3.73. The second kappa shape index (κ2) is 5.07. The maximum Gasteiger partial charge on any atom is 0.168 e. The second-order valence-electron chi connectivity index (χ2n) is 2.75. The second-order valence-corrected chi connectivity index (χ2v) is 2.75. The first kappa shape index (κ1) is 10.3. The van der Waals surface area contributed by atoms with Crippen LogP contribution in [0.2, 0.25) is 0 Å². The molecule has 0 aliphatic carbocycles. The maximum atomic E-state index is 10.3. The molecule has 0 aliphatic rings. The van der Waals surface area contributed by atoms with Gasteiger partial charge >= 0.3 is 0 Å². The molecule has 3 heteroatoms. The van der Waals surface area contributed by atoms with Crippen LogP contribution in [-0.4, -0.2) is 13.4 Å². The topological polar surface area (TPSA) is 35.5 Å². The highest BCUT2D eigenvalue weighted by atomic mass is 16.5. The molecule has 74 valence electrons. The van der Waals surface area contributed by atoms with Crippen LogP contribution >= 0.6 is 0 Å². The van der Waals surface area contributed by atoms with E-state index in [0.29, 0.717) is 17.1 Å². The zero-order valence-electron chi connectivity index (χ0n) is 8.19. The van der Waals surface area contributed by atoms with E-state index in [1.54, 1.807) is 26.2 Å². The average Bonchev–Trinajstić information content (AvgIpc) is 2.26. The lowest BCUT2D eigenvalue weighted by molar-refractivity contribution is -0.104. The third kappa shape index (κ3) is 2.62. The highest BCUT2D eigenvalue weighted by Gasteiger charge is 2.00. The van der Waals surface area contributed by atoms with Gasteiger partial charge in [-0.15, -0.1) is 0 Å². The molecule has 3 nitrogen and oxygen atoms in total. The summed E-state index contributed by atoms with van der Waals surface area (Å²) in [4.78, 5) is 10.3. The molecule has 1 aromatic rings. The number of rotatable bonds is 4. The van der Waals surface area contributed by atoms with Crippen molar-refractivity contribution in [3.63, 3.8) is 0 Å². The number of carbonyl (C=O) groups excluding carboxylic acids is 1. The van der Waals surface area contributed by atoms with E-state index in [-0.39, 0.29) is 0 Å². The molecule has 0 fully saturated rings. The van der Waals surface area contributed by atoms with E-state index in [1.807, 2.05) is 12.1 Å². The lowest BCUT2D eigenvalue weighted by atomic mass is 10.3. The van der Waals surface area contributed by atoms with Crippen LogP contribution < -0.4 is 9.47 Å². The summed E-state index contributed by atoms with van der Waals surface area (Å²) in [5.41, 5.74) is 0.524. The van der Waals surface area contributed by atoms with Gasteiger partial charge in [0.25, 0.3) is 0 Å². The molecular weight excluding hydrogens is 180 g/mol. The van der Waals surface area contributed by atoms with Gasteiger partial charge in [0.05, 0.1) is 13.4 Å². The molecule has 0 amide bonds. The Balaban J connectivity index is 2.80. The van der Waals surface area contributed by atoms with Crippen molar-refractivity contribution in [3.05, 3.63) is 36.1 Å². The van der Waals surface area contributed by atoms with Gasteiger partial charge in [-0.25, -0.2) is 0 Å². The highest BCUT2D eigenvalue weighted by Crippen LogP contribution is 2.25. The Morgan fingerprint density at radius 1 is 1.29 bits per heavy atom. The van der Waals surface area contributed by atoms with Crippen LogP contribution in [0.5, 0.6) is 11.5 Å². The lowest BCUT2D eigenvalue weighted by Crippen LogP contribution is -1.90. The zero-order chi connectivity index (χ0) is 10.4. The minimum atomic E-state index is 0.524. The Bertz CT molecular complexity index is 342. The Morgan fingerprint density at radius 2 is 1.93 bits per heavy atom. The molecule has 0 atom stereocenters. The summed E-state index contributed by atoms with van der Waals surface area (Å²) < 4.78 is 10.3. The van der Waals surface area contributed by atoms with E-state index in [0.717, 1.165) is 6.29 Å². The van der Waals surface area contributed by atoms with Crippen LogP contribution in [0.4, 0.5) is 0 Å². The number of carbonyl (C=O) groups is 1. The van der Waals surface area contributed by atoms with Gasteiger partial charge in [-0.05, 0) is 19.1 Å². The summed E-state index contributed by atoms with van der Waals surface area (Å²) >= 11 is 0. The van der Waals surface area contributed by atoms with Crippen LogP contribution in [0.25, 0.3) is 0 Å².